The average Bonchev–Trinajstić information content (AvgIpc) is 2.70. The number of benzene rings is 1. The molecule has 0 aliphatic heterocycles. The monoisotopic (exact) mass is 380 g/mol. The third-order valence-electron chi connectivity index (χ3n) is 4.23. The Labute approximate surface area is 161 Å². The van der Waals surface area contributed by atoms with Gasteiger partial charge in [-0.1, -0.05) is 6.07 Å². The molecule has 0 fully saturated rings. The van der Waals surface area contributed by atoms with E-state index < -0.39 is 12.5 Å². The van der Waals surface area contributed by atoms with Gasteiger partial charge in [-0.15, -0.1) is 0 Å². The number of nitrogens with one attached hydrogen (secondary N) is 2. The first-order chi connectivity index (χ1) is 13.5. The number of rotatable bonds is 8. The lowest BCUT2D eigenvalue weighted by Gasteiger charge is -2.10. The van der Waals surface area contributed by atoms with Crippen molar-refractivity contribution in [2.24, 2.45) is 0 Å². The number of nitrogens with zero attached hydrogens (tertiary/aromatic N) is 2. The molecule has 0 aliphatic rings. The van der Waals surface area contributed by atoms with E-state index >= 15 is 0 Å². The molecule has 8 nitrogen and oxygen atoms in total. The molecule has 2 amide bonds. The van der Waals surface area contributed by atoms with E-state index in [1.165, 1.54) is 0 Å². The van der Waals surface area contributed by atoms with Crippen LogP contribution in [0.25, 0.3) is 21.8 Å². The molecule has 1 aromatic carbocycles. The SMILES string of the molecule is O=C(O)CNC(=O)CCCCC(=O)Nc1cc2cccnc2c2ncccc12. The minimum absolute atomic E-state index is 0.153. The number of carboxylic acid groups (broad SMARTS) is 1. The van der Waals surface area contributed by atoms with E-state index in [2.05, 4.69) is 20.6 Å². The lowest BCUT2D eigenvalue weighted by Crippen LogP contribution is -2.28. The molecule has 2 aromatic heterocycles. The van der Waals surface area contributed by atoms with Crippen molar-refractivity contribution in [3.8, 4) is 0 Å². The molecular weight excluding hydrogens is 360 g/mol. The number of hydrogen-bond acceptors (Lipinski definition) is 5. The topological polar surface area (TPSA) is 121 Å². The number of carboxylic acids is 1. The first-order valence-electron chi connectivity index (χ1n) is 8.95. The second-order valence-corrected chi connectivity index (χ2v) is 6.32. The summed E-state index contributed by atoms with van der Waals surface area (Å²) >= 11 is 0. The fourth-order valence-electron chi connectivity index (χ4n) is 2.93. The third kappa shape index (κ3) is 4.79. The third-order valence-corrected chi connectivity index (χ3v) is 4.23. The molecule has 0 spiro atoms. The molecule has 2 heterocycles. The fraction of sp³-hybridized carbons (Fsp3) is 0.250. The minimum atomic E-state index is -1.08. The molecular formula is C20H20N4O4. The van der Waals surface area contributed by atoms with Crippen molar-refractivity contribution in [1.82, 2.24) is 15.3 Å². The van der Waals surface area contributed by atoms with E-state index in [1.54, 1.807) is 12.4 Å². The van der Waals surface area contributed by atoms with Crippen molar-refractivity contribution in [2.45, 2.75) is 25.7 Å². The smallest absolute Gasteiger partial charge is 0.322 e. The highest BCUT2D eigenvalue weighted by atomic mass is 16.4. The van der Waals surface area contributed by atoms with Crippen molar-refractivity contribution in [3.05, 3.63) is 42.7 Å². The van der Waals surface area contributed by atoms with Crippen LogP contribution in [0.1, 0.15) is 25.7 Å². The summed E-state index contributed by atoms with van der Waals surface area (Å²) in [6.45, 7) is -0.392. The Morgan fingerprint density at radius 2 is 1.61 bits per heavy atom. The van der Waals surface area contributed by atoms with E-state index in [0.717, 1.165) is 21.8 Å². The number of carbonyl (C=O) groups excluding carboxylic acids is 2. The van der Waals surface area contributed by atoms with Gasteiger partial charge in [0.2, 0.25) is 11.8 Å². The van der Waals surface area contributed by atoms with Gasteiger partial charge in [0.15, 0.2) is 0 Å². The van der Waals surface area contributed by atoms with E-state index in [1.807, 2.05) is 30.3 Å². The molecule has 0 saturated heterocycles. The average molecular weight is 380 g/mol. The van der Waals surface area contributed by atoms with Crippen molar-refractivity contribution in [2.75, 3.05) is 11.9 Å². The molecule has 0 unspecified atom stereocenters. The van der Waals surface area contributed by atoms with Crippen molar-refractivity contribution >= 4 is 45.3 Å². The number of hydrogen-bond donors (Lipinski definition) is 3. The van der Waals surface area contributed by atoms with Gasteiger partial charge < -0.3 is 15.7 Å². The van der Waals surface area contributed by atoms with Gasteiger partial charge in [0.25, 0.3) is 0 Å². The predicted octanol–water partition coefficient (Wildman–Crippen LogP) is 2.48. The van der Waals surface area contributed by atoms with Crippen molar-refractivity contribution < 1.29 is 19.5 Å². The summed E-state index contributed by atoms with van der Waals surface area (Å²) in [6, 6.07) is 9.32. The van der Waals surface area contributed by atoms with E-state index in [0.29, 0.717) is 18.5 Å². The van der Waals surface area contributed by atoms with Gasteiger partial charge in [-0.25, -0.2) is 0 Å². The Hall–Kier alpha value is -3.55. The lowest BCUT2D eigenvalue weighted by molar-refractivity contribution is -0.137. The summed E-state index contributed by atoms with van der Waals surface area (Å²) in [6.07, 6.45) is 4.88. The van der Waals surface area contributed by atoms with Crippen molar-refractivity contribution in [1.29, 1.82) is 0 Å². The van der Waals surface area contributed by atoms with Crippen molar-refractivity contribution in [3.63, 3.8) is 0 Å². The molecule has 3 aromatic rings. The maximum atomic E-state index is 12.3. The van der Waals surface area contributed by atoms with Gasteiger partial charge in [0.05, 0.1) is 16.7 Å². The summed E-state index contributed by atoms with van der Waals surface area (Å²) in [5, 5.41) is 15.4. The van der Waals surface area contributed by atoms with Crippen LogP contribution >= 0.6 is 0 Å². The zero-order valence-corrected chi connectivity index (χ0v) is 15.1. The van der Waals surface area contributed by atoms with Crippen LogP contribution in [-0.4, -0.2) is 39.4 Å². The standard InChI is InChI=1S/C20H20N4O4/c25-16(23-12-18(27)28)7-1-2-8-17(26)24-15-11-13-5-3-9-21-19(13)20-14(15)6-4-10-22-20/h3-6,9-11H,1-2,7-8,12H2,(H,23,25)(H,24,26)(H,27,28). The number of fused-ring (bicyclic) bond motifs is 3. The van der Waals surface area contributed by atoms with Gasteiger partial charge in [0.1, 0.15) is 6.54 Å². The number of aliphatic carboxylic acids is 1. The van der Waals surface area contributed by atoms with Gasteiger partial charge >= 0.3 is 5.97 Å². The van der Waals surface area contributed by atoms with E-state index in [-0.39, 0.29) is 24.7 Å². The zero-order valence-electron chi connectivity index (χ0n) is 15.1. The number of unbranched alkanes of at least 4 members (excludes halogenated alkanes) is 1. The number of aromatic nitrogens is 2. The van der Waals surface area contributed by atoms with Gasteiger partial charge in [-0.3, -0.25) is 24.4 Å². The normalized spacial score (nSPS) is 10.7. The second kappa shape index (κ2) is 8.90. The first kappa shape index (κ1) is 19.2. The maximum Gasteiger partial charge on any atom is 0.322 e. The molecule has 0 bridgehead atoms. The van der Waals surface area contributed by atoms with Crippen LogP contribution in [0, 0.1) is 0 Å². The molecule has 3 rings (SSSR count). The summed E-state index contributed by atoms with van der Waals surface area (Å²) in [5.74, 6) is -1.57. The number of pyridine rings is 2. The van der Waals surface area contributed by atoms with Crippen LogP contribution in [0.5, 0.6) is 0 Å². The Kier molecular flexibility index (Phi) is 6.11. The maximum absolute atomic E-state index is 12.3. The molecule has 144 valence electrons. The van der Waals surface area contributed by atoms with Crippen LogP contribution in [-0.2, 0) is 14.4 Å². The van der Waals surface area contributed by atoms with E-state index in [4.69, 9.17) is 5.11 Å². The number of amides is 2. The Morgan fingerprint density at radius 3 is 2.36 bits per heavy atom. The largest absolute Gasteiger partial charge is 0.480 e. The predicted molar refractivity (Wildman–Crippen MR) is 105 cm³/mol. The Morgan fingerprint density at radius 1 is 0.929 bits per heavy atom. The van der Waals surface area contributed by atoms with Crippen LogP contribution in [0.3, 0.4) is 0 Å². The van der Waals surface area contributed by atoms with Crippen LogP contribution < -0.4 is 10.6 Å². The molecule has 0 radical (unpaired) electrons. The number of carbonyl (C=O) groups is 3. The van der Waals surface area contributed by atoms with Gasteiger partial charge in [-0.2, -0.15) is 0 Å². The van der Waals surface area contributed by atoms with Crippen LogP contribution in [0.2, 0.25) is 0 Å². The highest BCUT2D eigenvalue weighted by Crippen LogP contribution is 2.29. The van der Waals surface area contributed by atoms with Crippen LogP contribution in [0.15, 0.2) is 42.7 Å². The molecule has 8 heteroatoms. The van der Waals surface area contributed by atoms with E-state index in [9.17, 15) is 14.4 Å². The second-order valence-electron chi connectivity index (χ2n) is 6.32. The molecule has 0 atom stereocenters. The zero-order chi connectivity index (χ0) is 19.9. The Balaban J connectivity index is 1.60. The quantitative estimate of drug-likeness (QED) is 0.408. The lowest BCUT2D eigenvalue weighted by atomic mass is 10.1. The summed E-state index contributed by atoms with van der Waals surface area (Å²) in [4.78, 5) is 43.0. The first-order valence-corrected chi connectivity index (χ1v) is 8.95. The molecule has 3 N–H and O–H groups in total. The molecule has 28 heavy (non-hydrogen) atoms. The Bertz CT molecular complexity index is 1040. The van der Waals surface area contributed by atoms with Gasteiger partial charge in [-0.05, 0) is 37.1 Å². The molecule has 0 saturated carbocycles. The fourth-order valence-corrected chi connectivity index (χ4v) is 2.93. The highest BCUT2D eigenvalue weighted by molar-refractivity contribution is 6.11. The van der Waals surface area contributed by atoms with Crippen LogP contribution in [0.4, 0.5) is 5.69 Å². The van der Waals surface area contributed by atoms with Gasteiger partial charge in [0, 0.05) is 36.0 Å². The molecule has 0 aliphatic carbocycles. The minimum Gasteiger partial charge on any atom is -0.480 e. The summed E-state index contributed by atoms with van der Waals surface area (Å²) in [5.41, 5.74) is 2.18. The highest BCUT2D eigenvalue weighted by Gasteiger charge is 2.11. The summed E-state index contributed by atoms with van der Waals surface area (Å²) < 4.78 is 0. The number of anilines is 1. The summed E-state index contributed by atoms with van der Waals surface area (Å²) in [7, 11) is 0.